The Morgan fingerprint density at radius 3 is 2.64 bits per heavy atom. The fraction of sp³-hybridized carbons (Fsp3) is 0.250. The quantitative estimate of drug-likeness (QED) is 0.713. The van der Waals surface area contributed by atoms with Gasteiger partial charge in [0.05, 0.1) is 7.11 Å². The Morgan fingerprint density at radius 1 is 1.20 bits per heavy atom. The summed E-state index contributed by atoms with van der Waals surface area (Å²) >= 11 is 0. The Kier molecular flexibility index (Phi) is 6.89. The van der Waals surface area contributed by atoms with Crippen LogP contribution in [0.15, 0.2) is 61.2 Å². The average molecular weight is 340 g/mol. The maximum Gasteiger partial charge on any atom is 0.251 e. The number of rotatable bonds is 9. The third-order valence-corrected chi connectivity index (χ3v) is 3.71. The van der Waals surface area contributed by atoms with E-state index in [1.807, 2.05) is 37.4 Å². The van der Waals surface area contributed by atoms with Crippen LogP contribution in [-0.4, -0.2) is 39.8 Å². The van der Waals surface area contributed by atoms with Crippen LogP contribution in [-0.2, 0) is 0 Å². The molecule has 0 aliphatic carbocycles. The van der Waals surface area contributed by atoms with Crippen molar-refractivity contribution in [2.24, 2.45) is 0 Å². The summed E-state index contributed by atoms with van der Waals surface area (Å²) in [6.07, 6.45) is 1.66. The first-order chi connectivity index (χ1) is 12.2. The molecule has 0 saturated carbocycles. The van der Waals surface area contributed by atoms with E-state index in [0.29, 0.717) is 36.8 Å². The van der Waals surface area contributed by atoms with E-state index in [2.05, 4.69) is 16.8 Å². The second-order valence-corrected chi connectivity index (χ2v) is 5.48. The zero-order valence-corrected chi connectivity index (χ0v) is 14.7. The van der Waals surface area contributed by atoms with Gasteiger partial charge in [0.1, 0.15) is 6.61 Å². The first kappa shape index (κ1) is 18.4. The Balaban J connectivity index is 1.91. The second-order valence-electron chi connectivity index (χ2n) is 5.48. The minimum Gasteiger partial charge on any atom is -0.493 e. The predicted molar refractivity (Wildman–Crippen MR) is 101 cm³/mol. The van der Waals surface area contributed by atoms with Crippen molar-refractivity contribution in [2.75, 3.05) is 38.8 Å². The van der Waals surface area contributed by atoms with Crippen molar-refractivity contribution in [3.05, 3.63) is 66.7 Å². The molecule has 0 aliphatic rings. The molecule has 1 amide bonds. The Labute approximate surface area is 148 Å². The van der Waals surface area contributed by atoms with E-state index in [4.69, 9.17) is 9.47 Å². The van der Waals surface area contributed by atoms with Crippen molar-refractivity contribution in [2.45, 2.75) is 0 Å². The van der Waals surface area contributed by atoms with Gasteiger partial charge in [-0.15, -0.1) is 0 Å². The number of benzene rings is 2. The van der Waals surface area contributed by atoms with Crippen molar-refractivity contribution in [3.63, 3.8) is 0 Å². The molecule has 1 N–H and O–H groups in total. The minimum absolute atomic E-state index is 0.143. The first-order valence-corrected chi connectivity index (χ1v) is 8.12. The second kappa shape index (κ2) is 9.37. The Hall–Kier alpha value is -2.95. The number of likely N-dealkylation sites (N-methyl/N-ethyl adjacent to an activating group) is 1. The molecule has 2 aromatic carbocycles. The third-order valence-electron chi connectivity index (χ3n) is 3.71. The van der Waals surface area contributed by atoms with Crippen molar-refractivity contribution in [3.8, 4) is 11.5 Å². The highest BCUT2D eigenvalue weighted by molar-refractivity contribution is 5.94. The van der Waals surface area contributed by atoms with E-state index in [1.165, 1.54) is 0 Å². The van der Waals surface area contributed by atoms with E-state index in [1.54, 1.807) is 31.4 Å². The molecule has 5 nitrogen and oxygen atoms in total. The molecule has 0 aromatic heterocycles. The lowest BCUT2D eigenvalue weighted by atomic mass is 10.2. The van der Waals surface area contributed by atoms with E-state index >= 15 is 0 Å². The van der Waals surface area contributed by atoms with Gasteiger partial charge < -0.3 is 19.7 Å². The van der Waals surface area contributed by atoms with Gasteiger partial charge in [0.15, 0.2) is 11.5 Å². The lowest BCUT2D eigenvalue weighted by Gasteiger charge is -2.19. The summed E-state index contributed by atoms with van der Waals surface area (Å²) in [7, 11) is 3.54. The fourth-order valence-corrected chi connectivity index (χ4v) is 2.33. The summed E-state index contributed by atoms with van der Waals surface area (Å²) in [5, 5.41) is 2.92. The van der Waals surface area contributed by atoms with Crippen molar-refractivity contribution in [1.29, 1.82) is 0 Å². The molecule has 0 bridgehead atoms. The average Bonchev–Trinajstić information content (AvgIpc) is 2.66. The van der Waals surface area contributed by atoms with Crippen LogP contribution in [0.2, 0.25) is 0 Å². The number of hydrogen-bond donors (Lipinski definition) is 1. The summed E-state index contributed by atoms with van der Waals surface area (Å²) in [5.74, 6) is 0.966. The minimum atomic E-state index is -0.143. The van der Waals surface area contributed by atoms with Gasteiger partial charge in [-0.25, -0.2) is 0 Å². The molecule has 25 heavy (non-hydrogen) atoms. The molecule has 2 rings (SSSR count). The first-order valence-electron chi connectivity index (χ1n) is 8.12. The number of hydrogen-bond acceptors (Lipinski definition) is 4. The standard InChI is InChI=1S/C20H24N2O3/c1-4-14-25-18-11-10-16(15-19(18)24-3)20(23)21-12-13-22(2)17-8-6-5-7-9-17/h4-11,15H,1,12-14H2,2-3H3,(H,21,23). The summed E-state index contributed by atoms with van der Waals surface area (Å²) in [6, 6.07) is 15.2. The molecule has 0 saturated heterocycles. The molecular formula is C20H24N2O3. The Bertz CT molecular complexity index is 701. The fourth-order valence-electron chi connectivity index (χ4n) is 2.33. The number of nitrogens with one attached hydrogen (secondary N) is 1. The van der Waals surface area contributed by atoms with Gasteiger partial charge in [-0.3, -0.25) is 4.79 Å². The van der Waals surface area contributed by atoms with E-state index in [9.17, 15) is 4.79 Å². The topological polar surface area (TPSA) is 50.8 Å². The summed E-state index contributed by atoms with van der Waals surface area (Å²) in [6.45, 7) is 5.25. The molecule has 132 valence electrons. The van der Waals surface area contributed by atoms with Crippen molar-refractivity contribution in [1.82, 2.24) is 5.32 Å². The van der Waals surface area contributed by atoms with Gasteiger partial charge in [-0.2, -0.15) is 0 Å². The van der Waals surface area contributed by atoms with E-state index in [0.717, 1.165) is 5.69 Å². The van der Waals surface area contributed by atoms with Crippen LogP contribution in [0.25, 0.3) is 0 Å². The van der Waals surface area contributed by atoms with Gasteiger partial charge in [-0.05, 0) is 30.3 Å². The lowest BCUT2D eigenvalue weighted by molar-refractivity contribution is 0.0954. The van der Waals surface area contributed by atoms with Crippen LogP contribution in [0.3, 0.4) is 0 Å². The molecule has 0 aliphatic heterocycles. The maximum absolute atomic E-state index is 12.3. The number of carbonyl (C=O) groups excluding carboxylic acids is 1. The van der Waals surface area contributed by atoms with Gasteiger partial charge in [-0.1, -0.05) is 30.9 Å². The van der Waals surface area contributed by atoms with Crippen molar-refractivity contribution < 1.29 is 14.3 Å². The number of para-hydroxylation sites is 1. The molecule has 0 atom stereocenters. The molecular weight excluding hydrogens is 316 g/mol. The van der Waals surface area contributed by atoms with Crippen LogP contribution < -0.4 is 19.7 Å². The summed E-state index contributed by atoms with van der Waals surface area (Å²) < 4.78 is 10.8. The zero-order chi connectivity index (χ0) is 18.1. The predicted octanol–water partition coefficient (Wildman–Crippen LogP) is 3.13. The largest absolute Gasteiger partial charge is 0.493 e. The normalized spacial score (nSPS) is 10.0. The number of ether oxygens (including phenoxy) is 2. The van der Waals surface area contributed by atoms with Crippen LogP contribution in [0.1, 0.15) is 10.4 Å². The summed E-state index contributed by atoms with van der Waals surface area (Å²) in [5.41, 5.74) is 1.65. The molecule has 0 heterocycles. The third kappa shape index (κ3) is 5.28. The van der Waals surface area contributed by atoms with Crippen molar-refractivity contribution >= 4 is 11.6 Å². The summed E-state index contributed by atoms with van der Waals surface area (Å²) in [4.78, 5) is 14.4. The van der Waals surface area contributed by atoms with Crippen LogP contribution in [0, 0.1) is 0 Å². The van der Waals surface area contributed by atoms with Crippen LogP contribution >= 0.6 is 0 Å². The molecule has 5 heteroatoms. The Morgan fingerprint density at radius 2 is 1.96 bits per heavy atom. The molecule has 0 unspecified atom stereocenters. The number of carbonyl (C=O) groups is 1. The molecule has 0 radical (unpaired) electrons. The van der Waals surface area contributed by atoms with Gasteiger partial charge in [0.2, 0.25) is 0 Å². The SMILES string of the molecule is C=CCOc1ccc(C(=O)NCCN(C)c2ccccc2)cc1OC. The van der Waals surface area contributed by atoms with Crippen LogP contribution in [0.4, 0.5) is 5.69 Å². The zero-order valence-electron chi connectivity index (χ0n) is 14.7. The van der Waals surface area contributed by atoms with E-state index in [-0.39, 0.29) is 5.91 Å². The maximum atomic E-state index is 12.3. The molecule has 2 aromatic rings. The highest BCUT2D eigenvalue weighted by atomic mass is 16.5. The van der Waals surface area contributed by atoms with Gasteiger partial charge in [0.25, 0.3) is 5.91 Å². The molecule has 0 spiro atoms. The number of nitrogens with zero attached hydrogens (tertiary/aromatic N) is 1. The lowest BCUT2D eigenvalue weighted by Crippen LogP contribution is -2.32. The van der Waals surface area contributed by atoms with Crippen LogP contribution in [0.5, 0.6) is 11.5 Å². The number of anilines is 1. The monoisotopic (exact) mass is 340 g/mol. The number of amides is 1. The van der Waals surface area contributed by atoms with Gasteiger partial charge in [0, 0.05) is 31.4 Å². The molecule has 0 fully saturated rings. The highest BCUT2D eigenvalue weighted by Gasteiger charge is 2.11. The number of methoxy groups -OCH3 is 1. The highest BCUT2D eigenvalue weighted by Crippen LogP contribution is 2.28. The smallest absolute Gasteiger partial charge is 0.251 e. The van der Waals surface area contributed by atoms with Gasteiger partial charge >= 0.3 is 0 Å². The van der Waals surface area contributed by atoms with E-state index < -0.39 is 0 Å².